The fraction of sp³-hybridized carbons (Fsp3) is 0.300. The summed E-state index contributed by atoms with van der Waals surface area (Å²) in [6.45, 7) is 3.44. The Balaban J connectivity index is 1.90. The Hall–Kier alpha value is -2.82. The summed E-state index contributed by atoms with van der Waals surface area (Å²) < 4.78 is 0. The van der Waals surface area contributed by atoms with Gasteiger partial charge in [-0.15, -0.1) is 0 Å². The van der Waals surface area contributed by atoms with Crippen LogP contribution in [0, 0.1) is 5.92 Å². The minimum atomic E-state index is -0.537. The van der Waals surface area contributed by atoms with E-state index in [1.165, 1.54) is 4.90 Å². The van der Waals surface area contributed by atoms with Gasteiger partial charge in [0.1, 0.15) is 0 Å². The first kappa shape index (κ1) is 17.0. The molecular formula is C20H23N3O2. The van der Waals surface area contributed by atoms with Crippen LogP contribution in [0.2, 0.25) is 0 Å². The third kappa shape index (κ3) is 3.82. The van der Waals surface area contributed by atoms with E-state index in [1.54, 1.807) is 29.2 Å². The van der Waals surface area contributed by atoms with E-state index in [1.807, 2.05) is 30.3 Å². The molecule has 1 aliphatic heterocycles. The number of carbonyl (C=O) groups excluding carboxylic acids is 2. The number of piperidine rings is 1. The van der Waals surface area contributed by atoms with Crippen LogP contribution in [-0.4, -0.2) is 29.8 Å². The smallest absolute Gasteiger partial charge is 0.321 e. The van der Waals surface area contributed by atoms with Crippen molar-refractivity contribution in [2.45, 2.75) is 19.8 Å². The van der Waals surface area contributed by atoms with E-state index in [-0.39, 0.29) is 0 Å². The summed E-state index contributed by atoms with van der Waals surface area (Å²) in [4.78, 5) is 28.9. The molecule has 25 heavy (non-hydrogen) atoms. The van der Waals surface area contributed by atoms with E-state index < -0.39 is 11.8 Å². The molecule has 1 aliphatic rings. The van der Waals surface area contributed by atoms with E-state index in [0.29, 0.717) is 36.1 Å². The highest BCUT2D eigenvalue weighted by atomic mass is 16.2. The topological polar surface area (TPSA) is 66.6 Å². The molecular weight excluding hydrogens is 314 g/mol. The third-order valence-electron chi connectivity index (χ3n) is 4.62. The number of nitrogen functional groups attached to an aromatic ring is 1. The largest absolute Gasteiger partial charge is 0.399 e. The van der Waals surface area contributed by atoms with Crippen LogP contribution in [0.3, 0.4) is 0 Å². The summed E-state index contributed by atoms with van der Waals surface area (Å²) in [7, 11) is 0. The molecule has 2 amide bonds. The molecule has 0 atom stereocenters. The molecule has 1 heterocycles. The maximum absolute atomic E-state index is 13.0. The van der Waals surface area contributed by atoms with Crippen molar-refractivity contribution in [2.24, 2.45) is 5.92 Å². The molecule has 130 valence electrons. The third-order valence-corrected chi connectivity index (χ3v) is 4.62. The van der Waals surface area contributed by atoms with Gasteiger partial charge in [0.15, 0.2) is 0 Å². The van der Waals surface area contributed by atoms with E-state index >= 15 is 0 Å². The van der Waals surface area contributed by atoms with Gasteiger partial charge in [0.25, 0.3) is 0 Å². The second-order valence-electron chi connectivity index (χ2n) is 6.54. The van der Waals surface area contributed by atoms with E-state index in [4.69, 9.17) is 5.73 Å². The van der Waals surface area contributed by atoms with Crippen molar-refractivity contribution in [3.63, 3.8) is 0 Å². The number of rotatable bonds is 2. The Labute approximate surface area is 148 Å². The standard InChI is InChI=1S/C20H23N3O2/c1-15-11-13-22(14-12-15)19(24)20(25)23(17-5-3-2-4-6-17)18-9-7-16(21)8-10-18/h2-10,15H,11-14,21H2,1H3. The molecule has 5 nitrogen and oxygen atoms in total. The first-order valence-electron chi connectivity index (χ1n) is 8.60. The molecule has 0 radical (unpaired) electrons. The summed E-state index contributed by atoms with van der Waals surface area (Å²) in [6, 6.07) is 16.2. The normalized spacial score (nSPS) is 15.0. The fourth-order valence-electron chi connectivity index (χ4n) is 3.03. The molecule has 0 saturated carbocycles. The van der Waals surface area contributed by atoms with Crippen LogP contribution < -0.4 is 10.6 Å². The maximum Gasteiger partial charge on any atom is 0.321 e. The molecule has 0 bridgehead atoms. The lowest BCUT2D eigenvalue weighted by Crippen LogP contribution is -2.46. The first-order valence-corrected chi connectivity index (χ1v) is 8.60. The average Bonchev–Trinajstić information content (AvgIpc) is 2.64. The molecule has 2 aromatic carbocycles. The minimum absolute atomic E-state index is 0.451. The Morgan fingerprint density at radius 3 is 2.12 bits per heavy atom. The number of benzene rings is 2. The number of nitrogens with zero attached hydrogens (tertiary/aromatic N) is 2. The fourth-order valence-corrected chi connectivity index (χ4v) is 3.03. The maximum atomic E-state index is 13.0. The van der Waals surface area contributed by atoms with E-state index in [9.17, 15) is 9.59 Å². The van der Waals surface area contributed by atoms with Crippen molar-refractivity contribution in [1.29, 1.82) is 0 Å². The second-order valence-corrected chi connectivity index (χ2v) is 6.54. The van der Waals surface area contributed by atoms with Crippen molar-refractivity contribution >= 4 is 28.9 Å². The SMILES string of the molecule is CC1CCN(C(=O)C(=O)N(c2ccccc2)c2ccc(N)cc2)CC1. The Bertz CT molecular complexity index is 735. The highest BCUT2D eigenvalue weighted by molar-refractivity contribution is 6.42. The van der Waals surface area contributed by atoms with Crippen LogP contribution in [0.15, 0.2) is 54.6 Å². The number of amides is 2. The van der Waals surface area contributed by atoms with E-state index in [2.05, 4.69) is 6.92 Å². The zero-order chi connectivity index (χ0) is 17.8. The number of likely N-dealkylation sites (tertiary alicyclic amines) is 1. The lowest BCUT2D eigenvalue weighted by Gasteiger charge is -2.31. The molecule has 1 saturated heterocycles. The van der Waals surface area contributed by atoms with Crippen molar-refractivity contribution in [3.05, 3.63) is 54.6 Å². The molecule has 0 unspecified atom stereocenters. The second kappa shape index (κ2) is 7.38. The predicted molar refractivity (Wildman–Crippen MR) is 99.4 cm³/mol. The zero-order valence-corrected chi connectivity index (χ0v) is 14.4. The van der Waals surface area contributed by atoms with Gasteiger partial charge in [0.05, 0.1) is 0 Å². The average molecular weight is 337 g/mol. The summed E-state index contributed by atoms with van der Waals surface area (Å²) in [5, 5.41) is 0. The van der Waals surface area contributed by atoms with Crippen LogP contribution in [0.5, 0.6) is 0 Å². The van der Waals surface area contributed by atoms with Gasteiger partial charge in [-0.3, -0.25) is 14.5 Å². The highest BCUT2D eigenvalue weighted by Gasteiger charge is 2.31. The lowest BCUT2D eigenvalue weighted by atomic mass is 9.99. The number of anilines is 3. The number of nitrogens with two attached hydrogens (primary N) is 1. The Morgan fingerprint density at radius 1 is 0.960 bits per heavy atom. The molecule has 0 aliphatic carbocycles. The van der Waals surface area contributed by atoms with E-state index in [0.717, 1.165) is 12.8 Å². The van der Waals surface area contributed by atoms with Crippen LogP contribution in [0.1, 0.15) is 19.8 Å². The van der Waals surface area contributed by atoms with Crippen LogP contribution in [-0.2, 0) is 9.59 Å². The number of para-hydroxylation sites is 1. The molecule has 3 rings (SSSR count). The number of hydrogen-bond acceptors (Lipinski definition) is 3. The quantitative estimate of drug-likeness (QED) is 0.676. The Kier molecular flexibility index (Phi) is 5.03. The molecule has 2 aromatic rings. The predicted octanol–water partition coefficient (Wildman–Crippen LogP) is 3.19. The van der Waals surface area contributed by atoms with Crippen LogP contribution >= 0.6 is 0 Å². The molecule has 0 spiro atoms. The number of hydrogen-bond donors (Lipinski definition) is 1. The molecule has 0 aromatic heterocycles. The van der Waals surface area contributed by atoms with Gasteiger partial charge in [-0.05, 0) is 55.2 Å². The summed E-state index contributed by atoms with van der Waals surface area (Å²) in [5.74, 6) is -0.389. The highest BCUT2D eigenvalue weighted by Crippen LogP contribution is 2.27. The van der Waals surface area contributed by atoms with Crippen molar-refractivity contribution in [2.75, 3.05) is 23.7 Å². The van der Waals surface area contributed by atoms with Gasteiger partial charge in [0, 0.05) is 30.2 Å². The van der Waals surface area contributed by atoms with Crippen LogP contribution in [0.4, 0.5) is 17.1 Å². The summed E-state index contributed by atoms with van der Waals surface area (Å²) in [5.41, 5.74) is 7.66. The summed E-state index contributed by atoms with van der Waals surface area (Å²) >= 11 is 0. The van der Waals surface area contributed by atoms with Crippen molar-refractivity contribution in [3.8, 4) is 0 Å². The lowest BCUT2D eigenvalue weighted by molar-refractivity contribution is -0.144. The minimum Gasteiger partial charge on any atom is -0.399 e. The van der Waals surface area contributed by atoms with Gasteiger partial charge in [-0.1, -0.05) is 25.1 Å². The van der Waals surface area contributed by atoms with Gasteiger partial charge < -0.3 is 10.6 Å². The van der Waals surface area contributed by atoms with Crippen LogP contribution in [0.25, 0.3) is 0 Å². The van der Waals surface area contributed by atoms with Crippen molar-refractivity contribution < 1.29 is 9.59 Å². The number of carbonyl (C=O) groups is 2. The molecule has 2 N–H and O–H groups in total. The Morgan fingerprint density at radius 2 is 1.52 bits per heavy atom. The monoisotopic (exact) mass is 337 g/mol. The van der Waals surface area contributed by atoms with Gasteiger partial charge in [-0.2, -0.15) is 0 Å². The first-order chi connectivity index (χ1) is 12.1. The van der Waals surface area contributed by atoms with Crippen molar-refractivity contribution in [1.82, 2.24) is 4.90 Å². The zero-order valence-electron chi connectivity index (χ0n) is 14.4. The summed E-state index contributed by atoms with van der Waals surface area (Å²) in [6.07, 6.45) is 1.87. The van der Waals surface area contributed by atoms with Gasteiger partial charge in [0.2, 0.25) is 0 Å². The van der Waals surface area contributed by atoms with Gasteiger partial charge in [-0.25, -0.2) is 0 Å². The van der Waals surface area contributed by atoms with Gasteiger partial charge >= 0.3 is 11.8 Å². The molecule has 5 heteroatoms. The molecule has 1 fully saturated rings.